The number of hydrogen-bond donors (Lipinski definition) is 0. The van der Waals surface area contributed by atoms with Gasteiger partial charge in [-0.2, -0.15) is 0 Å². The normalized spacial score (nSPS) is 11.7. The Labute approximate surface area is 85.7 Å². The first kappa shape index (κ1) is 10.6. The average molecular weight is 194 g/mol. The lowest BCUT2D eigenvalue weighted by Crippen LogP contribution is -2.14. The molecule has 1 heteroatoms. The minimum absolute atomic E-state index is 0.316. The first-order valence-electron chi connectivity index (χ1n) is 4.74. The SMILES string of the molecule is CCC(C)(C)c1ccc(SC)cc1. The lowest BCUT2D eigenvalue weighted by molar-refractivity contribution is 0.506. The van der Waals surface area contributed by atoms with E-state index in [1.807, 2.05) is 0 Å². The summed E-state index contributed by atoms with van der Waals surface area (Å²) in [6.07, 6.45) is 3.30. The molecule has 0 aliphatic heterocycles. The fourth-order valence-electron chi connectivity index (χ4n) is 1.25. The summed E-state index contributed by atoms with van der Waals surface area (Å²) in [5.74, 6) is 0. The van der Waals surface area contributed by atoms with Crippen molar-refractivity contribution >= 4 is 11.8 Å². The van der Waals surface area contributed by atoms with Gasteiger partial charge < -0.3 is 0 Å². The summed E-state index contributed by atoms with van der Waals surface area (Å²) >= 11 is 1.80. The molecule has 0 spiro atoms. The molecule has 0 aliphatic carbocycles. The van der Waals surface area contributed by atoms with Crippen LogP contribution in [-0.4, -0.2) is 6.26 Å². The van der Waals surface area contributed by atoms with E-state index < -0.39 is 0 Å². The molecule has 1 aromatic rings. The molecule has 1 rings (SSSR count). The zero-order chi connectivity index (χ0) is 9.90. The van der Waals surface area contributed by atoms with Gasteiger partial charge >= 0.3 is 0 Å². The van der Waals surface area contributed by atoms with Gasteiger partial charge in [-0.3, -0.25) is 0 Å². The van der Waals surface area contributed by atoms with Crippen molar-refractivity contribution in [3.05, 3.63) is 29.8 Å². The maximum atomic E-state index is 2.29. The quantitative estimate of drug-likeness (QED) is 0.653. The van der Waals surface area contributed by atoms with Gasteiger partial charge in [0, 0.05) is 4.90 Å². The van der Waals surface area contributed by atoms with Crippen molar-refractivity contribution in [3.8, 4) is 0 Å². The Balaban J connectivity index is 2.92. The van der Waals surface area contributed by atoms with Gasteiger partial charge in [-0.1, -0.05) is 32.9 Å². The zero-order valence-electron chi connectivity index (χ0n) is 8.92. The number of thioether (sulfide) groups is 1. The maximum Gasteiger partial charge on any atom is 0.00693 e. The highest BCUT2D eigenvalue weighted by Gasteiger charge is 2.17. The molecule has 0 aromatic heterocycles. The summed E-state index contributed by atoms with van der Waals surface area (Å²) in [6.45, 7) is 6.82. The molecule has 0 aliphatic rings. The van der Waals surface area contributed by atoms with Gasteiger partial charge in [-0.15, -0.1) is 11.8 Å². The summed E-state index contributed by atoms with van der Waals surface area (Å²) in [5.41, 5.74) is 1.75. The molecule has 0 fully saturated rings. The summed E-state index contributed by atoms with van der Waals surface area (Å²) in [5, 5.41) is 0. The lowest BCUT2D eigenvalue weighted by Gasteiger charge is -2.23. The standard InChI is InChI=1S/C12H18S/c1-5-12(2,3)10-6-8-11(13-4)9-7-10/h6-9H,5H2,1-4H3. The molecule has 0 amide bonds. The van der Waals surface area contributed by atoms with Crippen molar-refractivity contribution in [2.75, 3.05) is 6.26 Å². The molecule has 0 radical (unpaired) electrons. The molecular weight excluding hydrogens is 176 g/mol. The van der Waals surface area contributed by atoms with Crippen molar-refractivity contribution in [2.45, 2.75) is 37.5 Å². The van der Waals surface area contributed by atoms with Crippen molar-refractivity contribution in [3.63, 3.8) is 0 Å². The Morgan fingerprint density at radius 3 is 2.08 bits per heavy atom. The second kappa shape index (κ2) is 4.19. The van der Waals surface area contributed by atoms with Crippen LogP contribution in [0.5, 0.6) is 0 Å². The second-order valence-corrected chi connectivity index (χ2v) is 4.85. The van der Waals surface area contributed by atoms with Crippen LogP contribution < -0.4 is 0 Å². The van der Waals surface area contributed by atoms with E-state index in [-0.39, 0.29) is 0 Å². The first-order valence-corrected chi connectivity index (χ1v) is 5.97. The highest BCUT2D eigenvalue weighted by molar-refractivity contribution is 7.98. The van der Waals surface area contributed by atoms with E-state index in [9.17, 15) is 0 Å². The smallest absolute Gasteiger partial charge is 0.00693 e. The summed E-state index contributed by atoms with van der Waals surface area (Å²) in [7, 11) is 0. The third kappa shape index (κ3) is 2.50. The number of rotatable bonds is 3. The van der Waals surface area contributed by atoms with E-state index in [0.29, 0.717) is 5.41 Å². The minimum Gasteiger partial charge on any atom is -0.130 e. The third-order valence-electron chi connectivity index (χ3n) is 2.76. The second-order valence-electron chi connectivity index (χ2n) is 3.97. The van der Waals surface area contributed by atoms with Crippen molar-refractivity contribution in [2.24, 2.45) is 0 Å². The molecule has 0 saturated heterocycles. The molecule has 0 atom stereocenters. The van der Waals surface area contributed by atoms with Crippen LogP contribution in [0.2, 0.25) is 0 Å². The van der Waals surface area contributed by atoms with E-state index in [4.69, 9.17) is 0 Å². The molecule has 72 valence electrons. The Kier molecular flexibility index (Phi) is 3.43. The molecule has 0 heterocycles. The predicted molar refractivity (Wildman–Crippen MR) is 61.5 cm³/mol. The van der Waals surface area contributed by atoms with Crippen LogP contribution in [0.3, 0.4) is 0 Å². The molecule has 0 unspecified atom stereocenters. The number of hydrogen-bond acceptors (Lipinski definition) is 1. The van der Waals surface area contributed by atoms with E-state index in [1.54, 1.807) is 11.8 Å². The van der Waals surface area contributed by atoms with Crippen LogP contribution in [0, 0.1) is 0 Å². The van der Waals surface area contributed by atoms with E-state index in [2.05, 4.69) is 51.3 Å². The van der Waals surface area contributed by atoms with Crippen molar-refractivity contribution < 1.29 is 0 Å². The summed E-state index contributed by atoms with van der Waals surface area (Å²) in [6, 6.07) is 8.90. The third-order valence-corrected chi connectivity index (χ3v) is 3.50. The highest BCUT2D eigenvalue weighted by atomic mass is 32.2. The predicted octanol–water partition coefficient (Wildman–Crippen LogP) is 4.10. The van der Waals surface area contributed by atoms with Crippen LogP contribution in [0.1, 0.15) is 32.8 Å². The highest BCUT2D eigenvalue weighted by Crippen LogP contribution is 2.27. The van der Waals surface area contributed by atoms with Gasteiger partial charge in [-0.25, -0.2) is 0 Å². The largest absolute Gasteiger partial charge is 0.130 e. The van der Waals surface area contributed by atoms with Gasteiger partial charge in [0.2, 0.25) is 0 Å². The summed E-state index contributed by atoms with van der Waals surface area (Å²) in [4.78, 5) is 1.34. The molecule has 0 bridgehead atoms. The van der Waals surface area contributed by atoms with Gasteiger partial charge in [0.1, 0.15) is 0 Å². The first-order chi connectivity index (χ1) is 6.10. The van der Waals surface area contributed by atoms with Gasteiger partial charge in [0.15, 0.2) is 0 Å². The number of benzene rings is 1. The Morgan fingerprint density at radius 2 is 1.69 bits per heavy atom. The van der Waals surface area contributed by atoms with E-state index >= 15 is 0 Å². The Hall–Kier alpha value is -0.430. The summed E-state index contributed by atoms with van der Waals surface area (Å²) < 4.78 is 0. The van der Waals surface area contributed by atoms with Gasteiger partial charge in [0.25, 0.3) is 0 Å². The fraction of sp³-hybridized carbons (Fsp3) is 0.500. The van der Waals surface area contributed by atoms with E-state index in [0.717, 1.165) is 0 Å². The Bertz CT molecular complexity index is 259. The fourth-order valence-corrected chi connectivity index (χ4v) is 1.65. The molecule has 0 nitrogen and oxygen atoms in total. The molecule has 0 N–H and O–H groups in total. The van der Waals surface area contributed by atoms with Gasteiger partial charge in [0.05, 0.1) is 0 Å². The zero-order valence-corrected chi connectivity index (χ0v) is 9.74. The van der Waals surface area contributed by atoms with Crippen LogP contribution in [-0.2, 0) is 5.41 Å². The van der Waals surface area contributed by atoms with Gasteiger partial charge in [-0.05, 0) is 35.8 Å². The van der Waals surface area contributed by atoms with Crippen LogP contribution in [0.15, 0.2) is 29.2 Å². The minimum atomic E-state index is 0.316. The molecule has 13 heavy (non-hydrogen) atoms. The van der Waals surface area contributed by atoms with E-state index in [1.165, 1.54) is 16.9 Å². The molecule has 0 saturated carbocycles. The maximum absolute atomic E-state index is 2.29. The van der Waals surface area contributed by atoms with Crippen molar-refractivity contribution in [1.29, 1.82) is 0 Å². The van der Waals surface area contributed by atoms with Crippen LogP contribution in [0.4, 0.5) is 0 Å². The van der Waals surface area contributed by atoms with Crippen molar-refractivity contribution in [1.82, 2.24) is 0 Å². The van der Waals surface area contributed by atoms with Crippen LogP contribution in [0.25, 0.3) is 0 Å². The topological polar surface area (TPSA) is 0 Å². The van der Waals surface area contributed by atoms with Crippen LogP contribution >= 0.6 is 11.8 Å². The Morgan fingerprint density at radius 1 is 1.15 bits per heavy atom. The lowest BCUT2D eigenvalue weighted by atomic mass is 9.82. The average Bonchev–Trinajstić information content (AvgIpc) is 2.18. The molecule has 1 aromatic carbocycles. The molecular formula is C12H18S. The monoisotopic (exact) mass is 194 g/mol.